The highest BCUT2D eigenvalue weighted by molar-refractivity contribution is 5.97. The third-order valence-electron chi connectivity index (χ3n) is 4.71. The number of amides is 1. The van der Waals surface area contributed by atoms with Crippen LogP contribution in [0, 0.1) is 13.8 Å². The van der Waals surface area contributed by atoms with Gasteiger partial charge in [0.15, 0.2) is 0 Å². The standard InChI is InChI=1S/C23H20N4O2/c1-15-7-6-8-16(2)20(15)22-21(18-11-12-24-14-25-18)23(29-27-22)26-19(28)13-17-9-4-3-5-10-17/h3-12,14H,13H2,1-2H3,(H,26,28). The molecule has 0 bridgehead atoms. The Bertz CT molecular complexity index is 1120. The molecule has 0 atom stereocenters. The van der Waals surface area contributed by atoms with Gasteiger partial charge >= 0.3 is 0 Å². The molecule has 0 saturated carbocycles. The first-order chi connectivity index (χ1) is 14.1. The molecule has 0 aliphatic rings. The second-order valence-electron chi connectivity index (χ2n) is 6.81. The van der Waals surface area contributed by atoms with Crippen LogP contribution in [0.3, 0.4) is 0 Å². The summed E-state index contributed by atoms with van der Waals surface area (Å²) in [5.74, 6) is 0.0954. The van der Waals surface area contributed by atoms with E-state index in [4.69, 9.17) is 4.52 Å². The fourth-order valence-electron chi connectivity index (χ4n) is 3.36. The van der Waals surface area contributed by atoms with E-state index in [9.17, 15) is 4.79 Å². The van der Waals surface area contributed by atoms with Crippen LogP contribution in [0.2, 0.25) is 0 Å². The quantitative estimate of drug-likeness (QED) is 0.544. The lowest BCUT2D eigenvalue weighted by Gasteiger charge is -2.09. The van der Waals surface area contributed by atoms with Gasteiger partial charge in [-0.15, -0.1) is 0 Å². The zero-order valence-corrected chi connectivity index (χ0v) is 16.2. The average molecular weight is 384 g/mol. The molecular weight excluding hydrogens is 364 g/mol. The summed E-state index contributed by atoms with van der Waals surface area (Å²) in [6.07, 6.45) is 3.36. The van der Waals surface area contributed by atoms with Crippen LogP contribution < -0.4 is 5.32 Å². The van der Waals surface area contributed by atoms with Crippen LogP contribution in [-0.4, -0.2) is 21.0 Å². The van der Waals surface area contributed by atoms with Crippen molar-refractivity contribution in [2.75, 3.05) is 5.32 Å². The van der Waals surface area contributed by atoms with Crippen molar-refractivity contribution < 1.29 is 9.32 Å². The summed E-state index contributed by atoms with van der Waals surface area (Å²) in [6, 6.07) is 17.4. The molecule has 0 spiro atoms. The van der Waals surface area contributed by atoms with Crippen molar-refractivity contribution in [3.8, 4) is 22.5 Å². The van der Waals surface area contributed by atoms with E-state index in [2.05, 4.69) is 20.4 Å². The molecule has 0 radical (unpaired) electrons. The van der Waals surface area contributed by atoms with Gasteiger partial charge in [0.2, 0.25) is 11.8 Å². The van der Waals surface area contributed by atoms with Gasteiger partial charge in [0.05, 0.1) is 17.7 Å². The normalized spacial score (nSPS) is 10.7. The van der Waals surface area contributed by atoms with Gasteiger partial charge in [0.25, 0.3) is 0 Å². The van der Waals surface area contributed by atoms with E-state index in [1.54, 1.807) is 12.3 Å². The predicted octanol–water partition coefficient (Wildman–Crippen LogP) is 4.60. The van der Waals surface area contributed by atoms with Crippen LogP contribution in [0.1, 0.15) is 16.7 Å². The minimum Gasteiger partial charge on any atom is -0.337 e. The molecule has 0 aliphatic heterocycles. The Labute approximate surface area is 168 Å². The maximum Gasteiger partial charge on any atom is 0.241 e. The van der Waals surface area contributed by atoms with Crippen LogP contribution in [0.5, 0.6) is 0 Å². The number of aromatic nitrogens is 3. The highest BCUT2D eigenvalue weighted by Gasteiger charge is 2.24. The van der Waals surface area contributed by atoms with E-state index in [1.165, 1.54) is 6.33 Å². The van der Waals surface area contributed by atoms with Crippen molar-refractivity contribution in [1.29, 1.82) is 0 Å². The van der Waals surface area contributed by atoms with Gasteiger partial charge in [-0.1, -0.05) is 53.7 Å². The lowest BCUT2D eigenvalue weighted by Crippen LogP contribution is -2.14. The first kappa shape index (κ1) is 18.6. The van der Waals surface area contributed by atoms with Crippen molar-refractivity contribution in [2.24, 2.45) is 0 Å². The predicted molar refractivity (Wildman–Crippen MR) is 111 cm³/mol. The number of nitrogens with one attached hydrogen (secondary N) is 1. The molecule has 0 saturated heterocycles. The van der Waals surface area contributed by atoms with Crippen LogP contribution in [0.15, 0.2) is 71.6 Å². The van der Waals surface area contributed by atoms with Gasteiger partial charge in [-0.3, -0.25) is 10.1 Å². The molecule has 6 nitrogen and oxygen atoms in total. The molecule has 144 valence electrons. The Kier molecular flexibility index (Phi) is 5.16. The van der Waals surface area contributed by atoms with Crippen LogP contribution in [0.25, 0.3) is 22.5 Å². The van der Waals surface area contributed by atoms with Gasteiger partial charge in [-0.05, 0) is 36.6 Å². The highest BCUT2D eigenvalue weighted by atomic mass is 16.5. The number of aryl methyl sites for hydroxylation is 2. The molecular formula is C23H20N4O2. The summed E-state index contributed by atoms with van der Waals surface area (Å²) in [4.78, 5) is 21.0. The van der Waals surface area contributed by atoms with Gasteiger partial charge in [-0.2, -0.15) is 0 Å². The number of hydrogen-bond donors (Lipinski definition) is 1. The molecule has 2 heterocycles. The fraction of sp³-hybridized carbons (Fsp3) is 0.130. The minimum atomic E-state index is -0.185. The summed E-state index contributed by atoms with van der Waals surface area (Å²) in [7, 11) is 0. The largest absolute Gasteiger partial charge is 0.337 e. The maximum absolute atomic E-state index is 12.6. The smallest absolute Gasteiger partial charge is 0.241 e. The first-order valence-corrected chi connectivity index (χ1v) is 9.30. The van der Waals surface area contributed by atoms with Crippen LogP contribution in [0.4, 0.5) is 5.88 Å². The Hall–Kier alpha value is -3.80. The zero-order chi connectivity index (χ0) is 20.2. The van der Waals surface area contributed by atoms with Crippen molar-refractivity contribution in [1.82, 2.24) is 15.1 Å². The second kappa shape index (κ2) is 8.06. The highest BCUT2D eigenvalue weighted by Crippen LogP contribution is 2.39. The lowest BCUT2D eigenvalue weighted by molar-refractivity contribution is -0.115. The summed E-state index contributed by atoms with van der Waals surface area (Å²) < 4.78 is 5.58. The van der Waals surface area contributed by atoms with E-state index >= 15 is 0 Å². The SMILES string of the molecule is Cc1cccc(C)c1-c1noc(NC(=O)Cc2ccccc2)c1-c1ccncn1. The average Bonchev–Trinajstić information content (AvgIpc) is 3.12. The van der Waals surface area contributed by atoms with Crippen molar-refractivity contribution in [3.63, 3.8) is 0 Å². The molecule has 4 aromatic rings. The van der Waals surface area contributed by atoms with Crippen LogP contribution >= 0.6 is 0 Å². The molecule has 0 fully saturated rings. The van der Waals surface area contributed by atoms with Gasteiger partial charge < -0.3 is 4.52 Å². The molecule has 6 heteroatoms. The third kappa shape index (κ3) is 3.91. The lowest BCUT2D eigenvalue weighted by atomic mass is 9.96. The van der Waals surface area contributed by atoms with E-state index in [0.717, 1.165) is 22.3 Å². The molecule has 1 N–H and O–H groups in total. The van der Waals surface area contributed by atoms with Crippen LogP contribution in [-0.2, 0) is 11.2 Å². The Morgan fingerprint density at radius 2 is 1.72 bits per heavy atom. The molecule has 0 unspecified atom stereocenters. The van der Waals surface area contributed by atoms with Crippen molar-refractivity contribution in [3.05, 3.63) is 83.8 Å². The Morgan fingerprint density at radius 1 is 0.966 bits per heavy atom. The van der Waals surface area contributed by atoms with E-state index in [1.807, 2.05) is 62.4 Å². The number of carbonyl (C=O) groups excluding carboxylic acids is 1. The summed E-state index contributed by atoms with van der Waals surface area (Å²) >= 11 is 0. The summed E-state index contributed by atoms with van der Waals surface area (Å²) in [5.41, 5.74) is 5.94. The molecule has 2 aromatic heterocycles. The van der Waals surface area contributed by atoms with Crippen molar-refractivity contribution in [2.45, 2.75) is 20.3 Å². The number of rotatable bonds is 5. The molecule has 1 amide bonds. The van der Waals surface area contributed by atoms with Gasteiger partial charge in [0.1, 0.15) is 12.0 Å². The zero-order valence-electron chi connectivity index (χ0n) is 16.2. The maximum atomic E-state index is 12.6. The number of nitrogens with zero attached hydrogens (tertiary/aromatic N) is 3. The number of carbonyl (C=O) groups is 1. The van der Waals surface area contributed by atoms with E-state index < -0.39 is 0 Å². The first-order valence-electron chi connectivity index (χ1n) is 9.30. The topological polar surface area (TPSA) is 80.9 Å². The van der Waals surface area contributed by atoms with Crippen molar-refractivity contribution >= 4 is 11.8 Å². The molecule has 4 rings (SSSR count). The second-order valence-corrected chi connectivity index (χ2v) is 6.81. The summed E-state index contributed by atoms with van der Waals surface area (Å²) in [5, 5.41) is 7.15. The number of benzene rings is 2. The number of anilines is 1. The monoisotopic (exact) mass is 384 g/mol. The molecule has 2 aromatic carbocycles. The molecule has 0 aliphatic carbocycles. The van der Waals surface area contributed by atoms with Gasteiger partial charge in [0, 0.05) is 11.8 Å². The number of hydrogen-bond acceptors (Lipinski definition) is 5. The fourth-order valence-corrected chi connectivity index (χ4v) is 3.36. The summed E-state index contributed by atoms with van der Waals surface area (Å²) in [6.45, 7) is 4.04. The van der Waals surface area contributed by atoms with E-state index in [0.29, 0.717) is 17.0 Å². The minimum absolute atomic E-state index is 0.185. The Balaban J connectivity index is 1.75. The Morgan fingerprint density at radius 3 is 2.41 bits per heavy atom. The molecule has 29 heavy (non-hydrogen) atoms. The van der Waals surface area contributed by atoms with E-state index in [-0.39, 0.29) is 18.2 Å². The van der Waals surface area contributed by atoms with Gasteiger partial charge in [-0.25, -0.2) is 9.97 Å². The third-order valence-corrected chi connectivity index (χ3v) is 4.71.